The summed E-state index contributed by atoms with van der Waals surface area (Å²) in [5.41, 5.74) is 4.79. The number of benzene rings is 1. The number of oxime groups is 1. The number of rotatable bonds is 3. The van der Waals surface area contributed by atoms with E-state index >= 15 is 0 Å². The van der Waals surface area contributed by atoms with E-state index in [1.54, 1.807) is 32.0 Å². The van der Waals surface area contributed by atoms with Gasteiger partial charge < -0.3 is 16.3 Å². The third-order valence-electron chi connectivity index (χ3n) is 2.49. The number of anilines is 1. The first-order valence-electron chi connectivity index (χ1n) is 5.03. The van der Waals surface area contributed by atoms with Crippen LogP contribution in [0.5, 0.6) is 0 Å². The van der Waals surface area contributed by atoms with Crippen LogP contribution in [0.4, 0.5) is 5.69 Å². The first kappa shape index (κ1) is 14.8. The number of amides is 1. The van der Waals surface area contributed by atoms with Crippen LogP contribution in [0.1, 0.15) is 13.8 Å². The Kier molecular flexibility index (Phi) is 4.59. The van der Waals surface area contributed by atoms with Crippen LogP contribution in [0.25, 0.3) is 0 Å². The highest BCUT2D eigenvalue weighted by Crippen LogP contribution is 2.27. The van der Waals surface area contributed by atoms with Gasteiger partial charge in [0.25, 0.3) is 0 Å². The summed E-state index contributed by atoms with van der Waals surface area (Å²) in [7, 11) is 0. The van der Waals surface area contributed by atoms with Crippen molar-refractivity contribution >= 4 is 45.0 Å². The molecule has 0 atom stereocenters. The number of hydrogen-bond acceptors (Lipinski definition) is 3. The minimum absolute atomic E-state index is 0.175. The van der Waals surface area contributed by atoms with Gasteiger partial charge in [0.1, 0.15) is 5.41 Å². The Bertz CT molecular complexity index is 503. The molecule has 1 amide bonds. The van der Waals surface area contributed by atoms with Crippen molar-refractivity contribution in [2.24, 2.45) is 16.3 Å². The quantitative estimate of drug-likeness (QED) is 0.344. The van der Waals surface area contributed by atoms with Crippen molar-refractivity contribution < 1.29 is 10.0 Å². The van der Waals surface area contributed by atoms with Crippen molar-refractivity contribution in [3.63, 3.8) is 0 Å². The average Bonchev–Trinajstić information content (AvgIpc) is 2.32. The molecule has 0 unspecified atom stereocenters. The molecule has 0 aliphatic rings. The maximum atomic E-state index is 12.0. The van der Waals surface area contributed by atoms with Crippen molar-refractivity contribution in [1.82, 2.24) is 0 Å². The van der Waals surface area contributed by atoms with Gasteiger partial charge in [0, 0.05) is 4.47 Å². The molecule has 1 aromatic carbocycles. The van der Waals surface area contributed by atoms with Gasteiger partial charge in [0.2, 0.25) is 5.91 Å². The lowest BCUT2D eigenvalue weighted by molar-refractivity contribution is -0.121. The molecule has 0 spiro atoms. The Hall–Kier alpha value is -1.27. The molecule has 0 aromatic heterocycles. The van der Waals surface area contributed by atoms with Crippen LogP contribution in [-0.4, -0.2) is 17.0 Å². The van der Waals surface area contributed by atoms with Gasteiger partial charge in [-0.15, -0.1) is 0 Å². The second-order valence-corrected chi connectivity index (χ2v) is 5.51. The lowest BCUT2D eigenvalue weighted by Gasteiger charge is -2.22. The maximum Gasteiger partial charge on any atom is 0.237 e. The monoisotopic (exact) mass is 333 g/mol. The summed E-state index contributed by atoms with van der Waals surface area (Å²) >= 11 is 9.24. The van der Waals surface area contributed by atoms with Gasteiger partial charge in [-0.25, -0.2) is 0 Å². The first-order valence-corrected chi connectivity index (χ1v) is 6.20. The van der Waals surface area contributed by atoms with E-state index in [0.29, 0.717) is 10.7 Å². The van der Waals surface area contributed by atoms with Crippen molar-refractivity contribution in [2.45, 2.75) is 13.8 Å². The summed E-state index contributed by atoms with van der Waals surface area (Å²) in [6, 6.07) is 5.08. The van der Waals surface area contributed by atoms with Crippen molar-refractivity contribution in [3.8, 4) is 0 Å². The molecule has 0 saturated heterocycles. The van der Waals surface area contributed by atoms with E-state index in [2.05, 4.69) is 26.4 Å². The fourth-order valence-electron chi connectivity index (χ4n) is 1.11. The first-order chi connectivity index (χ1) is 8.28. The van der Waals surface area contributed by atoms with E-state index in [-0.39, 0.29) is 5.84 Å². The second-order valence-electron chi connectivity index (χ2n) is 4.19. The molecule has 1 aromatic rings. The van der Waals surface area contributed by atoms with Gasteiger partial charge in [0.15, 0.2) is 5.84 Å². The van der Waals surface area contributed by atoms with E-state index in [4.69, 9.17) is 22.5 Å². The van der Waals surface area contributed by atoms with E-state index in [1.807, 2.05) is 0 Å². The van der Waals surface area contributed by atoms with E-state index in [1.165, 1.54) is 0 Å². The molecule has 1 rings (SSSR count). The van der Waals surface area contributed by atoms with Crippen LogP contribution < -0.4 is 11.1 Å². The standard InChI is InChI=1S/C11H13BrClN3O2/c1-11(2,9(14)16-18)10(17)15-8-5-6(12)3-4-7(8)13/h3-5,18H,1-2H3,(H2,14,16)(H,15,17). The summed E-state index contributed by atoms with van der Waals surface area (Å²) in [5, 5.41) is 14.5. The van der Waals surface area contributed by atoms with Crippen molar-refractivity contribution in [3.05, 3.63) is 27.7 Å². The number of nitrogens with one attached hydrogen (secondary N) is 1. The Balaban J connectivity index is 2.98. The molecule has 7 heteroatoms. The molecule has 4 N–H and O–H groups in total. The normalized spacial score (nSPS) is 12.3. The molecule has 0 heterocycles. The molecular formula is C11H13BrClN3O2. The predicted molar refractivity (Wildman–Crippen MR) is 75.0 cm³/mol. The largest absolute Gasteiger partial charge is 0.409 e. The molecule has 18 heavy (non-hydrogen) atoms. The predicted octanol–water partition coefficient (Wildman–Crippen LogP) is 2.81. The number of amidine groups is 1. The van der Waals surface area contributed by atoms with Crippen molar-refractivity contribution in [1.29, 1.82) is 0 Å². The van der Waals surface area contributed by atoms with Crippen LogP contribution in [0.15, 0.2) is 27.8 Å². The minimum atomic E-state index is -1.14. The van der Waals surface area contributed by atoms with Gasteiger partial charge in [0.05, 0.1) is 10.7 Å². The number of nitrogens with two attached hydrogens (primary N) is 1. The van der Waals surface area contributed by atoms with E-state index in [9.17, 15) is 4.79 Å². The number of carbonyl (C=O) groups is 1. The van der Waals surface area contributed by atoms with E-state index < -0.39 is 11.3 Å². The lowest BCUT2D eigenvalue weighted by atomic mass is 9.91. The van der Waals surface area contributed by atoms with Crippen LogP contribution in [-0.2, 0) is 4.79 Å². The fraction of sp³-hybridized carbons (Fsp3) is 0.273. The molecule has 0 bridgehead atoms. The highest BCUT2D eigenvalue weighted by molar-refractivity contribution is 9.10. The molecule has 0 fully saturated rings. The molecule has 0 aliphatic heterocycles. The Morgan fingerprint density at radius 1 is 1.56 bits per heavy atom. The summed E-state index contributed by atoms with van der Waals surface area (Å²) in [6.07, 6.45) is 0. The van der Waals surface area contributed by atoms with Crippen LogP contribution in [0, 0.1) is 5.41 Å². The molecule has 5 nitrogen and oxygen atoms in total. The summed E-state index contributed by atoms with van der Waals surface area (Å²) < 4.78 is 0.781. The zero-order chi connectivity index (χ0) is 13.9. The van der Waals surface area contributed by atoms with Gasteiger partial charge in [-0.05, 0) is 32.0 Å². The molecule has 0 aliphatic carbocycles. The third-order valence-corrected chi connectivity index (χ3v) is 3.32. The van der Waals surface area contributed by atoms with Crippen molar-refractivity contribution in [2.75, 3.05) is 5.32 Å². The Labute approximate surface area is 118 Å². The summed E-state index contributed by atoms with van der Waals surface area (Å²) in [6.45, 7) is 3.09. The topological polar surface area (TPSA) is 87.7 Å². The van der Waals surface area contributed by atoms with Gasteiger partial charge in [-0.1, -0.05) is 32.7 Å². The summed E-state index contributed by atoms with van der Waals surface area (Å²) in [4.78, 5) is 12.0. The third kappa shape index (κ3) is 3.14. The molecule has 98 valence electrons. The Morgan fingerprint density at radius 3 is 2.72 bits per heavy atom. The Morgan fingerprint density at radius 2 is 2.17 bits per heavy atom. The van der Waals surface area contributed by atoms with Crippen LogP contribution in [0.2, 0.25) is 5.02 Å². The number of carbonyl (C=O) groups excluding carboxylic acids is 1. The average molecular weight is 335 g/mol. The number of nitrogens with zero attached hydrogens (tertiary/aromatic N) is 1. The summed E-state index contributed by atoms with van der Waals surface area (Å²) in [5.74, 6) is -0.594. The minimum Gasteiger partial charge on any atom is -0.409 e. The second kappa shape index (κ2) is 5.58. The SMILES string of the molecule is CC(C)(C(=O)Nc1cc(Br)ccc1Cl)C(N)=NO. The number of halogens is 2. The molecule has 0 radical (unpaired) electrons. The van der Waals surface area contributed by atoms with Crippen LogP contribution >= 0.6 is 27.5 Å². The molecule has 0 saturated carbocycles. The fourth-order valence-corrected chi connectivity index (χ4v) is 1.64. The zero-order valence-electron chi connectivity index (χ0n) is 9.87. The zero-order valence-corrected chi connectivity index (χ0v) is 12.2. The van der Waals surface area contributed by atoms with Gasteiger partial charge in [-0.3, -0.25) is 4.79 Å². The van der Waals surface area contributed by atoms with Crippen LogP contribution in [0.3, 0.4) is 0 Å². The lowest BCUT2D eigenvalue weighted by Crippen LogP contribution is -2.42. The van der Waals surface area contributed by atoms with E-state index in [0.717, 1.165) is 4.47 Å². The highest BCUT2D eigenvalue weighted by Gasteiger charge is 2.33. The smallest absolute Gasteiger partial charge is 0.237 e. The van der Waals surface area contributed by atoms with Gasteiger partial charge >= 0.3 is 0 Å². The van der Waals surface area contributed by atoms with Gasteiger partial charge in [-0.2, -0.15) is 0 Å². The highest BCUT2D eigenvalue weighted by atomic mass is 79.9. The maximum absolute atomic E-state index is 12.0. The number of hydrogen-bond donors (Lipinski definition) is 3. The molecular weight excluding hydrogens is 321 g/mol.